The highest BCUT2D eigenvalue weighted by Gasteiger charge is 2.07. The number of rotatable bonds is 5. The molecule has 0 aromatic carbocycles. The van der Waals surface area contributed by atoms with Crippen molar-refractivity contribution >= 4 is 23.1 Å². The molecular formula is C10H12N6OS. The van der Waals surface area contributed by atoms with Gasteiger partial charge in [-0.2, -0.15) is 0 Å². The molecule has 0 fully saturated rings. The SMILES string of the molecule is NNc1ccc(C(=O)NCCc2nccs2)nn1. The summed E-state index contributed by atoms with van der Waals surface area (Å²) in [6, 6.07) is 3.14. The molecule has 2 aromatic heterocycles. The Bertz CT molecular complexity index is 498. The number of nitrogen functional groups attached to an aromatic ring is 1. The molecule has 1 amide bonds. The largest absolute Gasteiger partial charge is 0.350 e. The third kappa shape index (κ3) is 3.22. The number of hydrogen-bond donors (Lipinski definition) is 3. The Hall–Kier alpha value is -2.06. The highest BCUT2D eigenvalue weighted by molar-refractivity contribution is 7.09. The second-order valence-electron chi connectivity index (χ2n) is 3.38. The maximum Gasteiger partial charge on any atom is 0.271 e. The molecule has 94 valence electrons. The summed E-state index contributed by atoms with van der Waals surface area (Å²) < 4.78 is 0. The van der Waals surface area contributed by atoms with Crippen molar-refractivity contribution in [2.75, 3.05) is 12.0 Å². The first-order chi connectivity index (χ1) is 8.79. The monoisotopic (exact) mass is 264 g/mol. The average Bonchev–Trinajstić information content (AvgIpc) is 2.92. The molecule has 0 saturated heterocycles. The van der Waals surface area contributed by atoms with E-state index in [0.717, 1.165) is 5.01 Å². The molecule has 2 heterocycles. The fourth-order valence-electron chi connectivity index (χ4n) is 1.28. The summed E-state index contributed by atoms with van der Waals surface area (Å²) in [5.41, 5.74) is 2.60. The van der Waals surface area contributed by atoms with Gasteiger partial charge in [0.05, 0.1) is 5.01 Å². The zero-order valence-electron chi connectivity index (χ0n) is 9.46. The third-order valence-corrected chi connectivity index (χ3v) is 2.99. The van der Waals surface area contributed by atoms with E-state index in [1.807, 2.05) is 5.38 Å². The van der Waals surface area contributed by atoms with Gasteiger partial charge in [-0.15, -0.1) is 21.5 Å². The number of thiazole rings is 1. The van der Waals surface area contributed by atoms with E-state index < -0.39 is 0 Å². The summed E-state index contributed by atoms with van der Waals surface area (Å²) in [5, 5.41) is 13.1. The van der Waals surface area contributed by atoms with Gasteiger partial charge in [0, 0.05) is 24.5 Å². The molecule has 0 bridgehead atoms. The third-order valence-electron chi connectivity index (χ3n) is 2.15. The summed E-state index contributed by atoms with van der Waals surface area (Å²) in [6.45, 7) is 0.519. The highest BCUT2D eigenvalue weighted by atomic mass is 32.1. The van der Waals surface area contributed by atoms with Gasteiger partial charge in [0.15, 0.2) is 11.5 Å². The molecule has 0 unspecified atom stereocenters. The molecule has 2 rings (SSSR count). The molecule has 7 nitrogen and oxygen atoms in total. The van der Waals surface area contributed by atoms with Crippen molar-refractivity contribution in [1.82, 2.24) is 20.5 Å². The van der Waals surface area contributed by atoms with Crippen LogP contribution < -0.4 is 16.6 Å². The molecule has 0 aliphatic carbocycles. The predicted octanol–water partition coefficient (Wildman–Crippen LogP) is 0.191. The molecule has 8 heteroatoms. The number of hydrazine groups is 1. The van der Waals surface area contributed by atoms with Gasteiger partial charge in [0.2, 0.25) is 0 Å². The number of carbonyl (C=O) groups excluding carboxylic acids is 1. The number of nitrogens with two attached hydrogens (primary N) is 1. The van der Waals surface area contributed by atoms with Crippen LogP contribution in [0.2, 0.25) is 0 Å². The van der Waals surface area contributed by atoms with Crippen LogP contribution in [0.3, 0.4) is 0 Å². The van der Waals surface area contributed by atoms with Gasteiger partial charge in [-0.1, -0.05) is 0 Å². The molecule has 0 saturated carbocycles. The lowest BCUT2D eigenvalue weighted by molar-refractivity contribution is 0.0948. The van der Waals surface area contributed by atoms with E-state index in [0.29, 0.717) is 18.8 Å². The van der Waals surface area contributed by atoms with Crippen LogP contribution in [0.25, 0.3) is 0 Å². The maximum absolute atomic E-state index is 11.7. The predicted molar refractivity (Wildman–Crippen MR) is 68.0 cm³/mol. The molecule has 0 radical (unpaired) electrons. The van der Waals surface area contributed by atoms with Gasteiger partial charge in [-0.05, 0) is 12.1 Å². The number of anilines is 1. The molecule has 0 aliphatic rings. The van der Waals surface area contributed by atoms with Crippen LogP contribution in [-0.4, -0.2) is 27.6 Å². The lowest BCUT2D eigenvalue weighted by Gasteiger charge is -2.03. The number of carbonyl (C=O) groups is 1. The van der Waals surface area contributed by atoms with E-state index in [9.17, 15) is 4.79 Å². The lowest BCUT2D eigenvalue weighted by Crippen LogP contribution is -2.27. The van der Waals surface area contributed by atoms with Crippen molar-refractivity contribution in [1.29, 1.82) is 0 Å². The Labute approximate surface area is 107 Å². The standard InChI is InChI=1S/C10H12N6OS/c11-14-8-2-1-7(15-16-8)10(17)13-4-3-9-12-5-6-18-9/h1-2,5-6H,3-4,11H2,(H,13,17)(H,14,16). The van der Waals surface area contributed by atoms with Crippen molar-refractivity contribution in [2.24, 2.45) is 5.84 Å². The zero-order valence-corrected chi connectivity index (χ0v) is 10.3. The van der Waals surface area contributed by atoms with Crippen LogP contribution in [0.4, 0.5) is 5.82 Å². The van der Waals surface area contributed by atoms with Crippen molar-refractivity contribution in [2.45, 2.75) is 6.42 Å². The van der Waals surface area contributed by atoms with E-state index in [2.05, 4.69) is 25.9 Å². The molecule has 18 heavy (non-hydrogen) atoms. The second-order valence-corrected chi connectivity index (χ2v) is 4.36. The van der Waals surface area contributed by atoms with E-state index in [4.69, 9.17) is 5.84 Å². The number of nitrogens with zero attached hydrogens (tertiary/aromatic N) is 3. The smallest absolute Gasteiger partial charge is 0.271 e. The minimum atomic E-state index is -0.261. The number of amides is 1. The van der Waals surface area contributed by atoms with E-state index in [1.165, 1.54) is 0 Å². The molecule has 0 atom stereocenters. The number of nitrogens with one attached hydrogen (secondary N) is 2. The van der Waals surface area contributed by atoms with Crippen molar-refractivity contribution in [3.63, 3.8) is 0 Å². The van der Waals surface area contributed by atoms with Gasteiger partial charge in [-0.25, -0.2) is 10.8 Å². The summed E-state index contributed by atoms with van der Waals surface area (Å²) in [6.07, 6.45) is 2.45. The minimum absolute atomic E-state index is 0.258. The van der Waals surface area contributed by atoms with Gasteiger partial charge in [-0.3, -0.25) is 4.79 Å². The number of hydrogen-bond acceptors (Lipinski definition) is 7. The van der Waals surface area contributed by atoms with Gasteiger partial charge < -0.3 is 10.7 Å². The minimum Gasteiger partial charge on any atom is -0.350 e. The molecule has 0 spiro atoms. The summed E-state index contributed by atoms with van der Waals surface area (Å²) in [5.74, 6) is 5.30. The molecule has 0 aliphatic heterocycles. The average molecular weight is 264 g/mol. The van der Waals surface area contributed by atoms with Crippen LogP contribution in [-0.2, 0) is 6.42 Å². The van der Waals surface area contributed by atoms with Crippen LogP contribution in [0.5, 0.6) is 0 Å². The van der Waals surface area contributed by atoms with E-state index in [1.54, 1.807) is 29.7 Å². The lowest BCUT2D eigenvalue weighted by atomic mass is 10.3. The first-order valence-electron chi connectivity index (χ1n) is 5.26. The van der Waals surface area contributed by atoms with Gasteiger partial charge in [0.25, 0.3) is 5.91 Å². The first-order valence-corrected chi connectivity index (χ1v) is 6.14. The van der Waals surface area contributed by atoms with Crippen LogP contribution in [0.1, 0.15) is 15.5 Å². The van der Waals surface area contributed by atoms with E-state index in [-0.39, 0.29) is 11.6 Å². The summed E-state index contributed by atoms with van der Waals surface area (Å²) in [7, 11) is 0. The van der Waals surface area contributed by atoms with Crippen LogP contribution in [0.15, 0.2) is 23.7 Å². The maximum atomic E-state index is 11.7. The second kappa shape index (κ2) is 6.03. The Kier molecular flexibility index (Phi) is 4.15. The number of aromatic nitrogens is 3. The quantitative estimate of drug-likeness (QED) is 0.526. The Morgan fingerprint density at radius 1 is 1.39 bits per heavy atom. The van der Waals surface area contributed by atoms with Crippen LogP contribution in [0, 0.1) is 0 Å². The van der Waals surface area contributed by atoms with Crippen molar-refractivity contribution in [3.05, 3.63) is 34.4 Å². The molecule has 2 aromatic rings. The van der Waals surface area contributed by atoms with Gasteiger partial charge >= 0.3 is 0 Å². The van der Waals surface area contributed by atoms with E-state index >= 15 is 0 Å². The van der Waals surface area contributed by atoms with Crippen molar-refractivity contribution in [3.8, 4) is 0 Å². The van der Waals surface area contributed by atoms with Crippen molar-refractivity contribution < 1.29 is 4.79 Å². The highest BCUT2D eigenvalue weighted by Crippen LogP contribution is 2.04. The normalized spacial score (nSPS) is 10.1. The molecular weight excluding hydrogens is 252 g/mol. The summed E-state index contributed by atoms with van der Waals surface area (Å²) in [4.78, 5) is 15.8. The fourth-order valence-corrected chi connectivity index (χ4v) is 1.90. The molecule has 4 N–H and O–H groups in total. The summed E-state index contributed by atoms with van der Waals surface area (Å²) >= 11 is 1.56. The Balaban J connectivity index is 1.83. The fraction of sp³-hybridized carbons (Fsp3) is 0.200. The van der Waals surface area contributed by atoms with Crippen LogP contribution >= 0.6 is 11.3 Å². The Morgan fingerprint density at radius 3 is 2.89 bits per heavy atom. The first kappa shape index (κ1) is 12.4. The zero-order chi connectivity index (χ0) is 12.8. The Morgan fingerprint density at radius 2 is 2.28 bits per heavy atom. The topological polar surface area (TPSA) is 106 Å². The van der Waals surface area contributed by atoms with Gasteiger partial charge in [0.1, 0.15) is 0 Å².